The van der Waals surface area contributed by atoms with Crippen LogP contribution in [0.5, 0.6) is 0 Å². The van der Waals surface area contributed by atoms with Crippen LogP contribution in [0.15, 0.2) is 59.2 Å². The lowest BCUT2D eigenvalue weighted by Crippen LogP contribution is -2.07. The van der Waals surface area contributed by atoms with Crippen molar-refractivity contribution < 1.29 is 18.0 Å². The summed E-state index contributed by atoms with van der Waals surface area (Å²) in [5.41, 5.74) is -0.298. The molecule has 1 heterocycles. The SMILES string of the molecule is O=Cc1c(-c2ccccc2C(F)(F)F)nn(-c2ccccc2)c1Br. The molecule has 24 heavy (non-hydrogen) atoms. The fraction of sp³-hybridized carbons (Fsp3) is 0.0588. The Balaban J connectivity index is 2.26. The molecular weight excluding hydrogens is 385 g/mol. The minimum atomic E-state index is -4.54. The van der Waals surface area contributed by atoms with Crippen molar-refractivity contribution in [2.24, 2.45) is 0 Å². The summed E-state index contributed by atoms with van der Waals surface area (Å²) in [5, 5.41) is 4.23. The zero-order valence-electron chi connectivity index (χ0n) is 12.1. The molecule has 0 fully saturated rings. The summed E-state index contributed by atoms with van der Waals surface area (Å²) in [7, 11) is 0. The number of hydrogen-bond acceptors (Lipinski definition) is 2. The lowest BCUT2D eigenvalue weighted by molar-refractivity contribution is -0.137. The summed E-state index contributed by atoms with van der Waals surface area (Å²) < 4.78 is 41.5. The molecule has 7 heteroatoms. The van der Waals surface area contributed by atoms with E-state index in [1.165, 1.54) is 22.9 Å². The Kier molecular flexibility index (Phi) is 4.28. The molecule has 0 aliphatic heterocycles. The number of hydrogen-bond donors (Lipinski definition) is 0. The van der Waals surface area contributed by atoms with Gasteiger partial charge < -0.3 is 0 Å². The van der Waals surface area contributed by atoms with Gasteiger partial charge in [-0.1, -0.05) is 36.4 Å². The summed E-state index contributed by atoms with van der Waals surface area (Å²) in [6, 6.07) is 13.9. The van der Waals surface area contributed by atoms with Crippen molar-refractivity contribution in [3.8, 4) is 16.9 Å². The monoisotopic (exact) mass is 394 g/mol. The molecule has 122 valence electrons. The van der Waals surface area contributed by atoms with Gasteiger partial charge in [0.2, 0.25) is 0 Å². The number of benzene rings is 2. The van der Waals surface area contributed by atoms with Gasteiger partial charge in [-0.2, -0.15) is 18.3 Å². The van der Waals surface area contributed by atoms with Crippen molar-refractivity contribution >= 4 is 22.2 Å². The third-order valence-corrected chi connectivity index (χ3v) is 4.23. The van der Waals surface area contributed by atoms with Gasteiger partial charge in [-0.25, -0.2) is 4.68 Å². The minimum absolute atomic E-state index is 0.0198. The number of nitrogens with zero attached hydrogens (tertiary/aromatic N) is 2. The molecule has 0 amide bonds. The molecule has 0 atom stereocenters. The van der Waals surface area contributed by atoms with Gasteiger partial charge >= 0.3 is 6.18 Å². The summed E-state index contributed by atoms with van der Waals surface area (Å²) >= 11 is 3.26. The Morgan fingerprint density at radius 1 is 1.00 bits per heavy atom. The second-order valence-corrected chi connectivity index (χ2v) is 5.71. The van der Waals surface area contributed by atoms with Crippen LogP contribution in [0, 0.1) is 0 Å². The van der Waals surface area contributed by atoms with Gasteiger partial charge in [0.05, 0.1) is 16.8 Å². The van der Waals surface area contributed by atoms with E-state index in [0.29, 0.717) is 16.6 Å². The summed E-state index contributed by atoms with van der Waals surface area (Å²) in [5.74, 6) is 0. The first-order valence-electron chi connectivity index (χ1n) is 6.89. The third kappa shape index (κ3) is 2.87. The van der Waals surface area contributed by atoms with E-state index in [4.69, 9.17) is 0 Å². The molecule has 0 saturated heterocycles. The van der Waals surface area contributed by atoms with E-state index in [-0.39, 0.29) is 16.8 Å². The first kappa shape index (κ1) is 16.4. The normalized spacial score (nSPS) is 11.5. The highest BCUT2D eigenvalue weighted by atomic mass is 79.9. The minimum Gasteiger partial charge on any atom is -0.298 e. The van der Waals surface area contributed by atoms with Crippen LogP contribution < -0.4 is 0 Å². The molecule has 0 aliphatic rings. The van der Waals surface area contributed by atoms with Gasteiger partial charge in [-0.05, 0) is 34.1 Å². The standard InChI is InChI=1S/C17H10BrF3N2O/c18-16-13(10-24)15(22-23(16)11-6-2-1-3-7-11)12-8-4-5-9-14(12)17(19,20)21/h1-10H. The Morgan fingerprint density at radius 3 is 2.25 bits per heavy atom. The number of rotatable bonds is 3. The predicted octanol–water partition coefficient (Wildman–Crippen LogP) is 5.13. The predicted molar refractivity (Wildman–Crippen MR) is 87.1 cm³/mol. The molecule has 0 saturated carbocycles. The number of carbonyl (C=O) groups is 1. The average molecular weight is 395 g/mol. The Bertz CT molecular complexity index is 889. The Morgan fingerprint density at radius 2 is 1.62 bits per heavy atom. The summed E-state index contributed by atoms with van der Waals surface area (Å²) in [4.78, 5) is 11.5. The van der Waals surface area contributed by atoms with Crippen LogP contribution in [0.1, 0.15) is 15.9 Å². The van der Waals surface area contributed by atoms with Gasteiger partial charge in [0.15, 0.2) is 6.29 Å². The number of alkyl halides is 3. The average Bonchev–Trinajstić information content (AvgIpc) is 2.91. The second-order valence-electron chi connectivity index (χ2n) is 4.96. The van der Waals surface area contributed by atoms with E-state index in [1.54, 1.807) is 30.3 Å². The highest BCUT2D eigenvalue weighted by molar-refractivity contribution is 9.10. The van der Waals surface area contributed by atoms with Crippen molar-refractivity contribution in [1.82, 2.24) is 9.78 Å². The van der Waals surface area contributed by atoms with Crippen LogP contribution in [-0.2, 0) is 6.18 Å². The Labute approximate surface area is 143 Å². The molecule has 0 radical (unpaired) electrons. The number of halogens is 4. The van der Waals surface area contributed by atoms with Crippen LogP contribution in [0.4, 0.5) is 13.2 Å². The van der Waals surface area contributed by atoms with Crippen LogP contribution in [0.25, 0.3) is 16.9 Å². The summed E-state index contributed by atoms with van der Waals surface area (Å²) in [6.07, 6.45) is -4.04. The van der Waals surface area contributed by atoms with Gasteiger partial charge in [-0.3, -0.25) is 4.79 Å². The largest absolute Gasteiger partial charge is 0.417 e. The lowest BCUT2D eigenvalue weighted by Gasteiger charge is -2.11. The first-order chi connectivity index (χ1) is 11.4. The smallest absolute Gasteiger partial charge is 0.298 e. The molecule has 2 aromatic carbocycles. The molecule has 0 aliphatic carbocycles. The lowest BCUT2D eigenvalue weighted by atomic mass is 10.0. The van der Waals surface area contributed by atoms with Crippen LogP contribution in [0.2, 0.25) is 0 Å². The van der Waals surface area contributed by atoms with E-state index in [0.717, 1.165) is 6.07 Å². The van der Waals surface area contributed by atoms with Crippen LogP contribution >= 0.6 is 15.9 Å². The third-order valence-electron chi connectivity index (χ3n) is 3.47. The van der Waals surface area contributed by atoms with Crippen molar-refractivity contribution in [3.63, 3.8) is 0 Å². The Hall–Kier alpha value is -2.41. The maximum absolute atomic E-state index is 13.3. The highest BCUT2D eigenvalue weighted by Crippen LogP contribution is 2.39. The molecule has 0 N–H and O–H groups in total. The fourth-order valence-electron chi connectivity index (χ4n) is 2.39. The van der Waals surface area contributed by atoms with Gasteiger partial charge in [0.25, 0.3) is 0 Å². The maximum atomic E-state index is 13.3. The quantitative estimate of drug-likeness (QED) is 0.577. The molecule has 0 unspecified atom stereocenters. The number of para-hydroxylation sites is 1. The van der Waals surface area contributed by atoms with Crippen LogP contribution in [0.3, 0.4) is 0 Å². The molecule has 0 bridgehead atoms. The van der Waals surface area contributed by atoms with Crippen molar-refractivity contribution in [2.75, 3.05) is 0 Å². The summed E-state index contributed by atoms with van der Waals surface area (Å²) in [6.45, 7) is 0. The zero-order chi connectivity index (χ0) is 17.3. The van der Waals surface area contributed by atoms with Gasteiger partial charge in [0, 0.05) is 5.56 Å². The first-order valence-corrected chi connectivity index (χ1v) is 7.68. The van der Waals surface area contributed by atoms with Gasteiger partial charge in [-0.15, -0.1) is 0 Å². The number of aldehydes is 1. The maximum Gasteiger partial charge on any atom is 0.417 e. The van der Waals surface area contributed by atoms with Crippen LogP contribution in [-0.4, -0.2) is 16.1 Å². The van der Waals surface area contributed by atoms with E-state index in [1.807, 2.05) is 0 Å². The van der Waals surface area contributed by atoms with Crippen molar-refractivity contribution in [2.45, 2.75) is 6.18 Å². The molecule has 3 rings (SSSR count). The highest BCUT2D eigenvalue weighted by Gasteiger charge is 2.35. The topological polar surface area (TPSA) is 34.9 Å². The second kappa shape index (κ2) is 6.24. The molecule has 3 nitrogen and oxygen atoms in total. The molecular formula is C17H10BrF3N2O. The van der Waals surface area contributed by atoms with E-state index < -0.39 is 11.7 Å². The molecule has 0 spiro atoms. The number of carbonyl (C=O) groups excluding carboxylic acids is 1. The zero-order valence-corrected chi connectivity index (χ0v) is 13.7. The molecule has 3 aromatic rings. The van der Waals surface area contributed by atoms with Crippen molar-refractivity contribution in [3.05, 3.63) is 70.3 Å². The van der Waals surface area contributed by atoms with E-state index in [2.05, 4.69) is 21.0 Å². The fourth-order valence-corrected chi connectivity index (χ4v) is 2.96. The van der Waals surface area contributed by atoms with Gasteiger partial charge in [0.1, 0.15) is 10.3 Å². The van der Waals surface area contributed by atoms with Crippen molar-refractivity contribution in [1.29, 1.82) is 0 Å². The van der Waals surface area contributed by atoms with E-state index in [9.17, 15) is 18.0 Å². The molecule has 1 aromatic heterocycles. The van der Waals surface area contributed by atoms with E-state index >= 15 is 0 Å². The number of aromatic nitrogens is 2.